The Balaban J connectivity index is 1.57. The second-order valence-electron chi connectivity index (χ2n) is 6.95. The van der Waals surface area contributed by atoms with Crippen LogP contribution in [0.2, 0.25) is 5.02 Å². The van der Waals surface area contributed by atoms with E-state index in [9.17, 15) is 27.6 Å². The summed E-state index contributed by atoms with van der Waals surface area (Å²) in [6.07, 6.45) is 0.942. The summed E-state index contributed by atoms with van der Waals surface area (Å²) >= 11 is 5.89. The Morgan fingerprint density at radius 1 is 1.06 bits per heavy atom. The van der Waals surface area contributed by atoms with Crippen molar-refractivity contribution in [2.24, 2.45) is 0 Å². The smallest absolute Gasteiger partial charge is 0.324 e. The van der Waals surface area contributed by atoms with Crippen LogP contribution in [0.15, 0.2) is 47.4 Å². The van der Waals surface area contributed by atoms with Crippen molar-refractivity contribution in [2.45, 2.75) is 11.3 Å². The van der Waals surface area contributed by atoms with E-state index in [1.807, 2.05) is 0 Å². The van der Waals surface area contributed by atoms with Crippen LogP contribution in [0.1, 0.15) is 16.8 Å². The predicted molar refractivity (Wildman–Crippen MR) is 117 cm³/mol. The third kappa shape index (κ3) is 5.62. The second kappa shape index (κ2) is 9.37. The molecule has 5 amide bonds. The normalized spacial score (nSPS) is 13.6. The van der Waals surface area contributed by atoms with Crippen LogP contribution in [-0.4, -0.2) is 56.4 Å². The molecule has 2 aromatic rings. The number of carbonyl (C=O) groups is 4. The minimum Gasteiger partial charge on any atom is -0.329 e. The van der Waals surface area contributed by atoms with E-state index < -0.39 is 21.8 Å². The van der Waals surface area contributed by atoms with Crippen LogP contribution in [0.4, 0.5) is 16.2 Å². The highest BCUT2D eigenvalue weighted by Gasteiger charge is 2.28. The van der Waals surface area contributed by atoms with Gasteiger partial charge in [0.25, 0.3) is 5.91 Å². The molecule has 1 fully saturated rings. The van der Waals surface area contributed by atoms with Crippen LogP contribution in [0.5, 0.6) is 0 Å². The number of hydrogen-bond acceptors (Lipinski definition) is 6. The lowest BCUT2D eigenvalue weighted by molar-refractivity contribution is -0.125. The van der Waals surface area contributed by atoms with E-state index in [0.717, 1.165) is 11.2 Å². The molecule has 10 nitrogen and oxygen atoms in total. The first-order valence-electron chi connectivity index (χ1n) is 9.33. The van der Waals surface area contributed by atoms with Crippen LogP contribution < -0.4 is 16.0 Å². The van der Waals surface area contributed by atoms with Gasteiger partial charge in [-0.2, -0.15) is 0 Å². The molecule has 1 saturated heterocycles. The van der Waals surface area contributed by atoms with Crippen LogP contribution >= 0.6 is 11.6 Å². The summed E-state index contributed by atoms with van der Waals surface area (Å²) in [7, 11) is -3.59. The molecule has 1 aliphatic rings. The highest BCUT2D eigenvalue weighted by Crippen LogP contribution is 2.23. The van der Waals surface area contributed by atoms with Gasteiger partial charge in [0.1, 0.15) is 0 Å². The van der Waals surface area contributed by atoms with Crippen molar-refractivity contribution < 1.29 is 27.6 Å². The van der Waals surface area contributed by atoms with Crippen LogP contribution in [0.25, 0.3) is 0 Å². The molecule has 0 bridgehead atoms. The van der Waals surface area contributed by atoms with Crippen molar-refractivity contribution in [3.8, 4) is 0 Å². The molecule has 3 rings (SSSR count). The van der Waals surface area contributed by atoms with Gasteiger partial charge in [-0.1, -0.05) is 11.6 Å². The molecule has 3 N–H and O–H groups in total. The maximum atomic E-state index is 12.4. The number of benzene rings is 2. The topological polar surface area (TPSA) is 142 Å². The quantitative estimate of drug-likeness (QED) is 0.519. The molecule has 0 aromatic heterocycles. The van der Waals surface area contributed by atoms with E-state index in [2.05, 4.69) is 16.0 Å². The number of urea groups is 1. The fraction of sp³-hybridized carbons (Fsp3) is 0.200. The summed E-state index contributed by atoms with van der Waals surface area (Å²) in [6, 6.07) is 9.66. The Morgan fingerprint density at radius 3 is 2.25 bits per heavy atom. The summed E-state index contributed by atoms with van der Waals surface area (Å²) in [5.41, 5.74) is 0.993. The zero-order valence-corrected chi connectivity index (χ0v) is 18.4. The standard InChI is InChI=1S/C20H19ClN4O6S/c1-32(30,31)16-10-12(2-7-15(16)21)19(28)24-14-5-3-13(4-6-14)23-17(26)8-9-25-18(27)11-22-20(25)29/h2-7,10H,8-9,11H2,1H3,(H,22,29)(H,23,26)(H,24,28). The molecule has 2 aromatic carbocycles. The van der Waals surface area contributed by atoms with E-state index >= 15 is 0 Å². The van der Waals surface area contributed by atoms with Crippen molar-refractivity contribution in [3.63, 3.8) is 0 Å². The molecule has 0 radical (unpaired) electrons. The van der Waals surface area contributed by atoms with Gasteiger partial charge in [0.15, 0.2) is 9.84 Å². The number of imide groups is 1. The number of anilines is 2. The Kier molecular flexibility index (Phi) is 6.80. The molecule has 0 unspecified atom stereocenters. The van der Waals surface area contributed by atoms with Crippen molar-refractivity contribution in [1.82, 2.24) is 10.2 Å². The molecule has 0 atom stereocenters. The lowest BCUT2D eigenvalue weighted by Crippen LogP contribution is -2.33. The summed E-state index contributed by atoms with van der Waals surface area (Å²) in [6.45, 7) is -0.0968. The maximum absolute atomic E-state index is 12.4. The summed E-state index contributed by atoms with van der Waals surface area (Å²) in [4.78, 5) is 48.3. The lowest BCUT2D eigenvalue weighted by Gasteiger charge is -2.12. The lowest BCUT2D eigenvalue weighted by atomic mass is 10.2. The number of nitrogens with zero attached hydrogens (tertiary/aromatic N) is 1. The fourth-order valence-corrected chi connectivity index (χ4v) is 4.19. The number of halogens is 1. The fourth-order valence-electron chi connectivity index (χ4n) is 2.89. The van der Waals surface area contributed by atoms with Gasteiger partial charge in [0, 0.05) is 36.2 Å². The monoisotopic (exact) mass is 478 g/mol. The van der Waals surface area contributed by atoms with Gasteiger partial charge in [-0.3, -0.25) is 19.3 Å². The largest absolute Gasteiger partial charge is 0.329 e. The number of carbonyl (C=O) groups excluding carboxylic acids is 4. The third-order valence-corrected chi connectivity index (χ3v) is 6.10. The zero-order valence-electron chi connectivity index (χ0n) is 16.8. The first kappa shape index (κ1) is 23.2. The van der Waals surface area contributed by atoms with E-state index in [-0.39, 0.29) is 46.8 Å². The van der Waals surface area contributed by atoms with Crippen molar-refractivity contribution in [1.29, 1.82) is 0 Å². The molecular formula is C20H19ClN4O6S. The van der Waals surface area contributed by atoms with Gasteiger partial charge in [0.2, 0.25) is 11.8 Å². The third-order valence-electron chi connectivity index (χ3n) is 4.52. The van der Waals surface area contributed by atoms with Crippen LogP contribution in [-0.2, 0) is 19.4 Å². The minimum atomic E-state index is -3.59. The summed E-state index contributed by atoms with van der Waals surface area (Å²) in [5.74, 6) is -1.30. The second-order valence-corrected chi connectivity index (χ2v) is 9.34. The Labute approximate surface area is 188 Å². The summed E-state index contributed by atoms with van der Waals surface area (Å²) < 4.78 is 23.6. The Bertz CT molecular complexity index is 1180. The minimum absolute atomic E-state index is 0.0266. The number of hydrogen-bond donors (Lipinski definition) is 3. The van der Waals surface area contributed by atoms with Crippen molar-refractivity contribution in [3.05, 3.63) is 53.1 Å². The molecule has 0 spiro atoms. The number of rotatable bonds is 7. The summed E-state index contributed by atoms with van der Waals surface area (Å²) in [5, 5.41) is 7.67. The van der Waals surface area contributed by atoms with Gasteiger partial charge in [0.05, 0.1) is 16.5 Å². The van der Waals surface area contributed by atoms with Crippen molar-refractivity contribution >= 4 is 56.6 Å². The SMILES string of the molecule is CS(=O)(=O)c1cc(C(=O)Nc2ccc(NC(=O)CCN3C(=O)CNC3=O)cc2)ccc1Cl. The molecule has 1 aliphatic heterocycles. The molecule has 32 heavy (non-hydrogen) atoms. The number of sulfone groups is 1. The molecule has 1 heterocycles. The average Bonchev–Trinajstić information content (AvgIpc) is 3.04. The first-order chi connectivity index (χ1) is 15.0. The van der Waals surface area contributed by atoms with Gasteiger partial charge >= 0.3 is 6.03 Å². The van der Waals surface area contributed by atoms with E-state index in [4.69, 9.17) is 11.6 Å². The van der Waals surface area contributed by atoms with E-state index in [1.54, 1.807) is 24.3 Å². The zero-order chi connectivity index (χ0) is 23.5. The van der Waals surface area contributed by atoms with Gasteiger partial charge in [-0.15, -0.1) is 0 Å². The average molecular weight is 479 g/mol. The number of amides is 5. The molecule has 168 valence electrons. The molecule has 12 heteroatoms. The predicted octanol–water partition coefficient (Wildman–Crippen LogP) is 1.88. The Morgan fingerprint density at radius 2 is 1.69 bits per heavy atom. The number of nitrogens with one attached hydrogen (secondary N) is 3. The molecule has 0 saturated carbocycles. The highest BCUT2D eigenvalue weighted by atomic mass is 35.5. The van der Waals surface area contributed by atoms with Gasteiger partial charge < -0.3 is 16.0 Å². The van der Waals surface area contributed by atoms with E-state index in [1.165, 1.54) is 18.2 Å². The first-order valence-corrected chi connectivity index (χ1v) is 11.6. The molecule has 0 aliphatic carbocycles. The van der Waals surface area contributed by atoms with E-state index in [0.29, 0.717) is 11.4 Å². The van der Waals surface area contributed by atoms with Crippen LogP contribution in [0, 0.1) is 0 Å². The van der Waals surface area contributed by atoms with Crippen LogP contribution in [0.3, 0.4) is 0 Å². The Hall–Kier alpha value is -3.44. The van der Waals surface area contributed by atoms with Gasteiger partial charge in [-0.25, -0.2) is 13.2 Å². The van der Waals surface area contributed by atoms with Gasteiger partial charge in [-0.05, 0) is 42.5 Å². The van der Waals surface area contributed by atoms with Crippen molar-refractivity contribution in [2.75, 3.05) is 30.0 Å². The molecular weight excluding hydrogens is 460 g/mol. The maximum Gasteiger partial charge on any atom is 0.324 e. The highest BCUT2D eigenvalue weighted by molar-refractivity contribution is 7.90.